The van der Waals surface area contributed by atoms with Gasteiger partial charge >= 0.3 is 12.1 Å². The van der Waals surface area contributed by atoms with E-state index in [0.717, 1.165) is 11.1 Å². The van der Waals surface area contributed by atoms with Gasteiger partial charge in [0.05, 0.1) is 37.4 Å². The number of nitrogens with zero attached hydrogens (tertiary/aromatic N) is 2. The van der Waals surface area contributed by atoms with Gasteiger partial charge in [-0.2, -0.15) is 0 Å². The second kappa shape index (κ2) is 12.9. The minimum atomic E-state index is -0.816. The lowest BCUT2D eigenvalue weighted by atomic mass is 9.96. The molecule has 0 aliphatic heterocycles. The molecule has 46 heavy (non-hydrogen) atoms. The van der Waals surface area contributed by atoms with Gasteiger partial charge in [0.25, 0.3) is 0 Å². The Morgan fingerprint density at radius 1 is 0.913 bits per heavy atom. The van der Waals surface area contributed by atoms with E-state index in [4.69, 9.17) is 18.6 Å². The number of rotatable bonds is 7. The molecule has 9 heteroatoms. The van der Waals surface area contributed by atoms with E-state index < -0.39 is 17.7 Å². The number of aromatic nitrogens is 1. The molecule has 0 aliphatic rings. The number of pyridine rings is 1. The third kappa shape index (κ3) is 6.49. The lowest BCUT2D eigenvalue weighted by Gasteiger charge is -2.28. The van der Waals surface area contributed by atoms with Crippen molar-refractivity contribution in [3.05, 3.63) is 112 Å². The molecule has 0 N–H and O–H groups in total. The molecule has 0 bridgehead atoms. The number of fused-ring (bicyclic) bond motifs is 1. The second-order valence-electron chi connectivity index (χ2n) is 11.9. The molecule has 5 aromatic rings. The van der Waals surface area contributed by atoms with Crippen LogP contribution in [0.4, 0.5) is 10.5 Å². The van der Waals surface area contributed by atoms with Gasteiger partial charge in [-0.3, -0.25) is 14.7 Å². The summed E-state index contributed by atoms with van der Waals surface area (Å²) in [4.78, 5) is 46.7. The summed E-state index contributed by atoms with van der Waals surface area (Å²) in [5.74, 6) is 0.457. The van der Waals surface area contributed by atoms with Gasteiger partial charge in [-0.05, 0) is 58.4 Å². The van der Waals surface area contributed by atoms with Crippen LogP contribution in [-0.4, -0.2) is 36.9 Å². The van der Waals surface area contributed by atoms with Gasteiger partial charge in [0.15, 0.2) is 5.43 Å². The molecule has 0 radical (unpaired) electrons. The Labute approximate surface area is 267 Å². The van der Waals surface area contributed by atoms with Crippen molar-refractivity contribution in [2.24, 2.45) is 0 Å². The number of aryl methyl sites for hydroxylation is 1. The van der Waals surface area contributed by atoms with Crippen molar-refractivity contribution in [1.82, 2.24) is 4.98 Å². The first kappa shape index (κ1) is 32.0. The van der Waals surface area contributed by atoms with Gasteiger partial charge in [0, 0.05) is 40.2 Å². The van der Waals surface area contributed by atoms with Crippen LogP contribution < -0.4 is 15.1 Å². The van der Waals surface area contributed by atoms with E-state index in [-0.39, 0.29) is 28.5 Å². The van der Waals surface area contributed by atoms with Crippen molar-refractivity contribution in [3.63, 3.8) is 0 Å². The Kier molecular flexibility index (Phi) is 8.96. The van der Waals surface area contributed by atoms with E-state index in [0.29, 0.717) is 39.6 Å². The number of anilines is 1. The lowest BCUT2D eigenvalue weighted by molar-refractivity contribution is 0.0573. The first-order valence-corrected chi connectivity index (χ1v) is 14.8. The fourth-order valence-electron chi connectivity index (χ4n) is 5.31. The Morgan fingerprint density at radius 2 is 1.61 bits per heavy atom. The number of amides is 1. The molecule has 0 saturated carbocycles. The third-order valence-electron chi connectivity index (χ3n) is 7.48. The molecular weight excluding hydrogens is 584 g/mol. The van der Waals surface area contributed by atoms with E-state index in [1.807, 2.05) is 44.2 Å². The molecule has 1 amide bonds. The lowest BCUT2D eigenvalue weighted by Crippen LogP contribution is -2.37. The largest absolute Gasteiger partial charge is 0.496 e. The number of esters is 1. The number of hydrogen-bond donors (Lipinski definition) is 0. The summed E-state index contributed by atoms with van der Waals surface area (Å²) in [5.41, 5.74) is 3.51. The summed E-state index contributed by atoms with van der Waals surface area (Å²) in [6, 6.07) is 20.9. The van der Waals surface area contributed by atoms with Gasteiger partial charge in [-0.1, -0.05) is 48.5 Å². The summed E-state index contributed by atoms with van der Waals surface area (Å²) in [7, 11) is 2.89. The van der Waals surface area contributed by atoms with Gasteiger partial charge in [-0.15, -0.1) is 0 Å². The van der Waals surface area contributed by atoms with Crippen molar-refractivity contribution in [3.8, 4) is 28.2 Å². The van der Waals surface area contributed by atoms with E-state index in [9.17, 15) is 14.4 Å². The van der Waals surface area contributed by atoms with E-state index in [1.165, 1.54) is 18.1 Å². The van der Waals surface area contributed by atoms with Crippen molar-refractivity contribution in [2.75, 3.05) is 19.1 Å². The Morgan fingerprint density at radius 3 is 2.28 bits per heavy atom. The van der Waals surface area contributed by atoms with Gasteiger partial charge < -0.3 is 18.6 Å². The first-order chi connectivity index (χ1) is 21.9. The maximum atomic E-state index is 13.9. The SMILES string of the molecule is COC(=O)c1ccccc1-c1cc(N(Cc2ncc(C)c(OC)c2C)C(=O)OC(C)(C)C)cc2c(=O)cc(-c3ccccc3)oc12. The third-order valence-corrected chi connectivity index (χ3v) is 7.48. The summed E-state index contributed by atoms with van der Waals surface area (Å²) < 4.78 is 23.0. The molecule has 2 heterocycles. The summed E-state index contributed by atoms with van der Waals surface area (Å²) in [6.45, 7) is 9.11. The number of benzene rings is 3. The highest BCUT2D eigenvalue weighted by molar-refractivity contribution is 6.05. The topological polar surface area (TPSA) is 108 Å². The van der Waals surface area contributed by atoms with Crippen molar-refractivity contribution >= 4 is 28.7 Å². The maximum Gasteiger partial charge on any atom is 0.415 e. The number of carbonyl (C=O) groups is 2. The van der Waals surface area contributed by atoms with Crippen LogP contribution in [0.25, 0.3) is 33.4 Å². The van der Waals surface area contributed by atoms with Crippen molar-refractivity contribution in [1.29, 1.82) is 0 Å². The van der Waals surface area contributed by atoms with Crippen LogP contribution in [0.15, 0.2) is 88.2 Å². The van der Waals surface area contributed by atoms with Crippen LogP contribution in [0.1, 0.15) is 48.0 Å². The highest BCUT2D eigenvalue weighted by atomic mass is 16.6. The molecule has 0 fully saturated rings. The molecule has 0 unspecified atom stereocenters. The van der Waals surface area contributed by atoms with Gasteiger partial charge in [-0.25, -0.2) is 9.59 Å². The highest BCUT2D eigenvalue weighted by Crippen LogP contribution is 2.38. The van der Waals surface area contributed by atoms with E-state index >= 15 is 0 Å². The van der Waals surface area contributed by atoms with E-state index in [1.54, 1.807) is 70.5 Å². The van der Waals surface area contributed by atoms with Crippen LogP contribution in [0.5, 0.6) is 5.75 Å². The van der Waals surface area contributed by atoms with Crippen LogP contribution >= 0.6 is 0 Å². The zero-order valence-electron chi connectivity index (χ0n) is 27.0. The number of carbonyl (C=O) groups excluding carboxylic acids is 2. The van der Waals surface area contributed by atoms with Crippen molar-refractivity contribution in [2.45, 2.75) is 46.8 Å². The Bertz CT molecular complexity index is 1990. The highest BCUT2D eigenvalue weighted by Gasteiger charge is 2.28. The van der Waals surface area contributed by atoms with Crippen molar-refractivity contribution < 1.29 is 28.2 Å². The fraction of sp³-hybridized carbons (Fsp3) is 0.243. The smallest absolute Gasteiger partial charge is 0.415 e. The molecule has 5 rings (SSSR count). The Balaban J connectivity index is 1.81. The van der Waals surface area contributed by atoms with Crippen LogP contribution in [0.2, 0.25) is 0 Å². The maximum absolute atomic E-state index is 13.9. The van der Waals surface area contributed by atoms with Crippen LogP contribution in [0.3, 0.4) is 0 Å². The quantitative estimate of drug-likeness (QED) is 0.169. The number of hydrogen-bond acceptors (Lipinski definition) is 8. The molecule has 0 aliphatic carbocycles. The summed E-state index contributed by atoms with van der Waals surface area (Å²) in [6.07, 6.45) is 1.04. The predicted molar refractivity (Wildman–Crippen MR) is 177 cm³/mol. The zero-order valence-corrected chi connectivity index (χ0v) is 27.0. The molecular formula is C37H36N2O7. The van der Waals surface area contributed by atoms with Gasteiger partial charge in [0.2, 0.25) is 0 Å². The normalized spacial score (nSPS) is 11.3. The Hall–Kier alpha value is -5.44. The minimum absolute atomic E-state index is 0.00835. The molecule has 236 valence electrons. The monoisotopic (exact) mass is 620 g/mol. The summed E-state index contributed by atoms with van der Waals surface area (Å²) >= 11 is 0. The van der Waals surface area contributed by atoms with Crippen LogP contribution in [0, 0.1) is 13.8 Å². The first-order valence-electron chi connectivity index (χ1n) is 14.8. The predicted octanol–water partition coefficient (Wildman–Crippen LogP) is 7.88. The molecule has 2 aromatic heterocycles. The molecule has 0 atom stereocenters. The number of ether oxygens (including phenoxy) is 3. The van der Waals surface area contributed by atoms with Crippen LogP contribution in [-0.2, 0) is 16.0 Å². The molecule has 3 aromatic carbocycles. The zero-order chi connectivity index (χ0) is 33.2. The average Bonchev–Trinajstić information content (AvgIpc) is 3.03. The minimum Gasteiger partial charge on any atom is -0.496 e. The average molecular weight is 621 g/mol. The number of methoxy groups -OCH3 is 2. The second-order valence-corrected chi connectivity index (χ2v) is 11.9. The molecule has 9 nitrogen and oxygen atoms in total. The fourth-order valence-corrected chi connectivity index (χ4v) is 5.31. The molecule has 0 saturated heterocycles. The van der Waals surface area contributed by atoms with E-state index in [2.05, 4.69) is 4.98 Å². The van der Waals surface area contributed by atoms with Gasteiger partial charge in [0.1, 0.15) is 22.7 Å². The molecule has 0 spiro atoms. The summed E-state index contributed by atoms with van der Waals surface area (Å²) in [5, 5.41) is 0.214. The standard InChI is InChI=1S/C37H36N2O7/c1-22-20-38-30(23(2)33(22)43-6)21-39(36(42)46-37(3,4)5)25-17-28(26-15-11-12-16-27(26)35(41)44-7)34-29(18-25)31(40)19-32(45-34)24-13-9-8-10-14-24/h8-20H,21H2,1-7H3.